The van der Waals surface area contributed by atoms with E-state index in [-0.39, 0.29) is 17.9 Å². The minimum absolute atomic E-state index is 0.0111. The summed E-state index contributed by atoms with van der Waals surface area (Å²) in [6.45, 7) is 6.02. The third kappa shape index (κ3) is 4.21. The van der Waals surface area contributed by atoms with E-state index in [4.69, 9.17) is 0 Å². The maximum Gasteiger partial charge on any atom is 0.274 e. The van der Waals surface area contributed by atoms with Crippen molar-refractivity contribution < 1.29 is 9.59 Å². The smallest absolute Gasteiger partial charge is 0.274 e. The highest BCUT2D eigenvalue weighted by Gasteiger charge is 2.36. The van der Waals surface area contributed by atoms with E-state index in [9.17, 15) is 9.59 Å². The van der Waals surface area contributed by atoms with Crippen molar-refractivity contribution in [3.63, 3.8) is 0 Å². The van der Waals surface area contributed by atoms with Crippen LogP contribution in [0.3, 0.4) is 0 Å². The van der Waals surface area contributed by atoms with Crippen LogP contribution in [0.2, 0.25) is 0 Å². The Hall–Kier alpha value is -3.29. The number of carbonyl (C=O) groups is 2. The van der Waals surface area contributed by atoms with E-state index in [2.05, 4.69) is 15.0 Å². The number of nitrogens with zero attached hydrogens (tertiary/aromatic N) is 6. The second kappa shape index (κ2) is 8.92. The van der Waals surface area contributed by atoms with Gasteiger partial charge in [0.05, 0.1) is 11.9 Å². The number of aryl methyl sites for hydroxylation is 2. The van der Waals surface area contributed by atoms with Crippen LogP contribution in [0.25, 0.3) is 5.65 Å². The van der Waals surface area contributed by atoms with Crippen molar-refractivity contribution >= 4 is 17.5 Å². The highest BCUT2D eigenvalue weighted by molar-refractivity contribution is 5.93. The van der Waals surface area contributed by atoms with Gasteiger partial charge in [-0.15, -0.1) is 0 Å². The SMILES string of the molecule is Cc1cnc(C(=O)N2CCCC[C@H]2C2CCN(C(=O)c3cn4cccc(C)c4n3)CC2)cn1. The third-order valence-electron chi connectivity index (χ3n) is 7.08. The molecular weight excluding hydrogens is 416 g/mol. The van der Waals surface area contributed by atoms with Crippen molar-refractivity contribution in [2.75, 3.05) is 19.6 Å². The summed E-state index contributed by atoms with van der Waals surface area (Å²) < 4.78 is 1.91. The van der Waals surface area contributed by atoms with Gasteiger partial charge in [0.25, 0.3) is 11.8 Å². The number of piperidine rings is 2. The molecule has 33 heavy (non-hydrogen) atoms. The number of pyridine rings is 1. The lowest BCUT2D eigenvalue weighted by molar-refractivity contribution is 0.0369. The zero-order valence-corrected chi connectivity index (χ0v) is 19.3. The largest absolute Gasteiger partial charge is 0.337 e. The van der Waals surface area contributed by atoms with Crippen molar-refractivity contribution in [2.24, 2.45) is 5.92 Å². The van der Waals surface area contributed by atoms with Gasteiger partial charge in [-0.05, 0) is 63.5 Å². The summed E-state index contributed by atoms with van der Waals surface area (Å²) in [5, 5.41) is 0. The number of hydrogen-bond acceptors (Lipinski definition) is 5. The number of amides is 2. The molecule has 0 aliphatic carbocycles. The molecule has 2 amide bonds. The Morgan fingerprint density at radius 3 is 2.48 bits per heavy atom. The van der Waals surface area contributed by atoms with E-state index < -0.39 is 0 Å². The van der Waals surface area contributed by atoms with Gasteiger partial charge in [0.15, 0.2) is 0 Å². The maximum atomic E-state index is 13.2. The van der Waals surface area contributed by atoms with E-state index in [0.717, 1.165) is 55.6 Å². The molecule has 0 saturated carbocycles. The summed E-state index contributed by atoms with van der Waals surface area (Å²) in [4.78, 5) is 43.4. The molecule has 2 aliphatic heterocycles. The van der Waals surface area contributed by atoms with Crippen LogP contribution in [0.5, 0.6) is 0 Å². The maximum absolute atomic E-state index is 13.2. The van der Waals surface area contributed by atoms with Gasteiger partial charge in [0, 0.05) is 44.3 Å². The van der Waals surface area contributed by atoms with E-state index >= 15 is 0 Å². The molecule has 8 nitrogen and oxygen atoms in total. The first-order chi connectivity index (χ1) is 16.0. The summed E-state index contributed by atoms with van der Waals surface area (Å²) in [7, 11) is 0. The Kier molecular flexibility index (Phi) is 5.83. The first-order valence-electron chi connectivity index (χ1n) is 11.8. The molecule has 0 unspecified atom stereocenters. The zero-order valence-electron chi connectivity index (χ0n) is 19.3. The highest BCUT2D eigenvalue weighted by atomic mass is 16.2. The standard InChI is InChI=1S/C25H30N6O2/c1-17-6-5-10-30-16-21(28-23(17)30)24(32)29-12-8-19(9-13-29)22-7-3-4-11-31(22)25(33)20-15-26-18(2)14-27-20/h5-6,10,14-16,19,22H,3-4,7-9,11-13H2,1-2H3/t22-/m0/s1. The fourth-order valence-electron chi connectivity index (χ4n) is 5.26. The average Bonchev–Trinajstić information content (AvgIpc) is 3.30. The quantitative estimate of drug-likeness (QED) is 0.617. The highest BCUT2D eigenvalue weighted by Crippen LogP contribution is 2.31. The van der Waals surface area contributed by atoms with Crippen molar-refractivity contribution in [2.45, 2.75) is 52.0 Å². The van der Waals surface area contributed by atoms with Crippen LogP contribution >= 0.6 is 0 Å². The number of likely N-dealkylation sites (tertiary alicyclic amines) is 2. The Labute approximate surface area is 193 Å². The van der Waals surface area contributed by atoms with Crippen molar-refractivity contribution in [3.8, 4) is 0 Å². The molecule has 3 aromatic heterocycles. The summed E-state index contributed by atoms with van der Waals surface area (Å²) in [6.07, 6.45) is 11.9. The molecule has 5 rings (SSSR count). The van der Waals surface area contributed by atoms with Gasteiger partial charge < -0.3 is 14.2 Å². The minimum atomic E-state index is -0.0224. The molecule has 8 heteroatoms. The molecule has 0 bridgehead atoms. The van der Waals surface area contributed by atoms with Crippen molar-refractivity contribution in [3.05, 3.63) is 59.6 Å². The van der Waals surface area contributed by atoms with E-state index in [1.807, 2.05) is 52.6 Å². The lowest BCUT2D eigenvalue weighted by Crippen LogP contribution is -2.51. The van der Waals surface area contributed by atoms with Gasteiger partial charge in [0.2, 0.25) is 0 Å². The van der Waals surface area contributed by atoms with Gasteiger partial charge in [0.1, 0.15) is 17.0 Å². The number of carbonyl (C=O) groups excluding carboxylic acids is 2. The summed E-state index contributed by atoms with van der Waals surface area (Å²) in [5.74, 6) is 0.355. The van der Waals surface area contributed by atoms with Crippen LogP contribution in [0.15, 0.2) is 36.9 Å². The molecule has 2 saturated heterocycles. The summed E-state index contributed by atoms with van der Waals surface area (Å²) in [6, 6.07) is 4.16. The Morgan fingerprint density at radius 2 is 1.76 bits per heavy atom. The molecule has 2 aliphatic rings. The molecule has 172 valence electrons. The second-order valence-corrected chi connectivity index (χ2v) is 9.28. The van der Waals surface area contributed by atoms with Crippen LogP contribution in [0, 0.1) is 19.8 Å². The Bertz CT molecular complexity index is 1160. The first-order valence-corrected chi connectivity index (χ1v) is 11.8. The van der Waals surface area contributed by atoms with Gasteiger partial charge in [-0.3, -0.25) is 14.6 Å². The molecule has 3 aromatic rings. The van der Waals surface area contributed by atoms with E-state index in [0.29, 0.717) is 30.4 Å². The van der Waals surface area contributed by atoms with Crippen molar-refractivity contribution in [1.29, 1.82) is 0 Å². The van der Waals surface area contributed by atoms with Crippen LogP contribution in [0.4, 0.5) is 0 Å². The average molecular weight is 447 g/mol. The van der Waals surface area contributed by atoms with E-state index in [1.165, 1.54) is 0 Å². The van der Waals surface area contributed by atoms with Crippen LogP contribution in [-0.2, 0) is 0 Å². The number of hydrogen-bond donors (Lipinski definition) is 0. The summed E-state index contributed by atoms with van der Waals surface area (Å²) in [5.41, 5.74) is 3.60. The van der Waals surface area contributed by atoms with Crippen LogP contribution in [-0.4, -0.2) is 66.6 Å². The monoisotopic (exact) mass is 446 g/mol. The fraction of sp³-hybridized carbons (Fsp3) is 0.480. The van der Waals surface area contributed by atoms with Gasteiger partial charge in [-0.2, -0.15) is 0 Å². The van der Waals surface area contributed by atoms with E-state index in [1.54, 1.807) is 12.4 Å². The normalized spacial score (nSPS) is 19.8. The van der Waals surface area contributed by atoms with Gasteiger partial charge in [-0.1, -0.05) is 6.07 Å². The third-order valence-corrected chi connectivity index (χ3v) is 7.08. The fourth-order valence-corrected chi connectivity index (χ4v) is 5.26. The zero-order chi connectivity index (χ0) is 22.9. The molecule has 0 spiro atoms. The lowest BCUT2D eigenvalue weighted by atomic mass is 9.83. The molecule has 0 radical (unpaired) electrons. The molecule has 0 N–H and O–H groups in total. The van der Waals surface area contributed by atoms with Gasteiger partial charge >= 0.3 is 0 Å². The molecule has 0 aromatic carbocycles. The molecular formula is C25H30N6O2. The molecule has 5 heterocycles. The number of aromatic nitrogens is 4. The molecule has 1 atom stereocenters. The first kappa shape index (κ1) is 21.6. The van der Waals surface area contributed by atoms with Crippen LogP contribution < -0.4 is 0 Å². The van der Waals surface area contributed by atoms with Crippen molar-refractivity contribution in [1.82, 2.24) is 29.2 Å². The van der Waals surface area contributed by atoms with Crippen LogP contribution in [0.1, 0.15) is 64.3 Å². The number of rotatable bonds is 3. The molecule has 2 fully saturated rings. The summed E-state index contributed by atoms with van der Waals surface area (Å²) >= 11 is 0. The predicted molar refractivity (Wildman–Crippen MR) is 124 cm³/mol. The predicted octanol–water partition coefficient (Wildman–Crippen LogP) is 3.29. The topological polar surface area (TPSA) is 83.7 Å². The number of imidazole rings is 1. The lowest BCUT2D eigenvalue weighted by Gasteiger charge is -2.43. The number of fused-ring (bicyclic) bond motifs is 1. The Balaban J connectivity index is 1.26. The second-order valence-electron chi connectivity index (χ2n) is 9.28. The van der Waals surface area contributed by atoms with Gasteiger partial charge in [-0.25, -0.2) is 9.97 Å². The minimum Gasteiger partial charge on any atom is -0.337 e. The Morgan fingerprint density at radius 1 is 0.939 bits per heavy atom.